The Morgan fingerprint density at radius 2 is 2.17 bits per heavy atom. The Kier molecular flexibility index (Phi) is 5.52. The minimum absolute atomic E-state index is 0.621. The molecule has 1 aromatic carbocycles. The molecule has 0 spiro atoms. The first-order valence-corrected chi connectivity index (χ1v) is 7.66. The number of halogens is 1. The molecule has 0 amide bonds. The number of benzene rings is 1. The van der Waals surface area contributed by atoms with E-state index in [9.17, 15) is 0 Å². The van der Waals surface area contributed by atoms with Gasteiger partial charge in [0.15, 0.2) is 0 Å². The van der Waals surface area contributed by atoms with Crippen LogP contribution in [0.2, 0.25) is 5.02 Å². The van der Waals surface area contributed by atoms with Gasteiger partial charge in [-0.1, -0.05) is 49.9 Å². The zero-order valence-corrected chi connectivity index (χ0v) is 12.0. The lowest BCUT2D eigenvalue weighted by atomic mass is 9.93. The van der Waals surface area contributed by atoms with Crippen LogP contribution in [0.4, 0.5) is 0 Å². The minimum atomic E-state index is 0.621. The van der Waals surface area contributed by atoms with Crippen LogP contribution < -0.4 is 5.32 Å². The molecule has 2 rings (SSSR count). The highest BCUT2D eigenvalue weighted by atomic mass is 35.5. The van der Waals surface area contributed by atoms with Crippen molar-refractivity contribution in [3.63, 3.8) is 0 Å². The molecule has 0 heterocycles. The van der Waals surface area contributed by atoms with Crippen molar-refractivity contribution in [1.29, 1.82) is 0 Å². The van der Waals surface area contributed by atoms with E-state index in [0.717, 1.165) is 17.6 Å². The van der Waals surface area contributed by atoms with E-state index >= 15 is 0 Å². The zero-order chi connectivity index (χ0) is 12.8. The summed E-state index contributed by atoms with van der Waals surface area (Å²) in [4.78, 5) is 0. The fourth-order valence-corrected chi connectivity index (χ4v) is 2.58. The quantitative estimate of drug-likeness (QED) is 0.669. The monoisotopic (exact) mass is 265 g/mol. The highest BCUT2D eigenvalue weighted by Crippen LogP contribution is 2.26. The van der Waals surface area contributed by atoms with Crippen molar-refractivity contribution < 1.29 is 0 Å². The topological polar surface area (TPSA) is 12.0 Å². The van der Waals surface area contributed by atoms with Crippen LogP contribution in [0.15, 0.2) is 24.3 Å². The van der Waals surface area contributed by atoms with Gasteiger partial charge in [0.1, 0.15) is 0 Å². The molecule has 0 radical (unpaired) electrons. The van der Waals surface area contributed by atoms with Gasteiger partial charge in [0.05, 0.1) is 0 Å². The lowest BCUT2D eigenvalue weighted by Gasteiger charge is -2.18. The summed E-state index contributed by atoms with van der Waals surface area (Å²) in [5.74, 6) is 0.621. The molecule has 2 heteroatoms. The Bertz CT molecular complexity index is 360. The molecule has 1 aliphatic rings. The van der Waals surface area contributed by atoms with Crippen molar-refractivity contribution >= 4 is 11.6 Å². The van der Waals surface area contributed by atoms with Gasteiger partial charge in [0.25, 0.3) is 0 Å². The van der Waals surface area contributed by atoms with Gasteiger partial charge < -0.3 is 5.32 Å². The summed E-state index contributed by atoms with van der Waals surface area (Å²) in [5, 5.41) is 4.52. The fourth-order valence-electron chi connectivity index (χ4n) is 2.38. The number of hydrogen-bond acceptors (Lipinski definition) is 1. The van der Waals surface area contributed by atoms with Gasteiger partial charge in [0, 0.05) is 17.6 Å². The smallest absolute Gasteiger partial charge is 0.0408 e. The maximum Gasteiger partial charge on any atom is 0.0408 e. The summed E-state index contributed by atoms with van der Waals surface area (Å²) in [6.45, 7) is 3.37. The second-order valence-electron chi connectivity index (χ2n) is 5.43. The molecule has 1 N–H and O–H groups in total. The van der Waals surface area contributed by atoms with E-state index in [4.69, 9.17) is 11.6 Å². The molecule has 1 nitrogen and oxygen atoms in total. The Balaban J connectivity index is 1.92. The van der Waals surface area contributed by atoms with Gasteiger partial charge in [-0.2, -0.15) is 0 Å². The van der Waals surface area contributed by atoms with Crippen LogP contribution in [0.5, 0.6) is 0 Å². The van der Waals surface area contributed by atoms with E-state index in [1.807, 2.05) is 6.07 Å². The van der Waals surface area contributed by atoms with Crippen molar-refractivity contribution in [2.45, 2.75) is 57.4 Å². The standard InChI is InChI=1S/C16H24ClN/c1-2-3-4-6-14(12-18-16-9-10-16)13-7-5-8-15(17)11-13/h5,7-8,11,14,16,18H,2-4,6,9-10,12H2,1H3. The maximum absolute atomic E-state index is 6.10. The lowest BCUT2D eigenvalue weighted by molar-refractivity contribution is 0.518. The molecule has 0 bridgehead atoms. The van der Waals surface area contributed by atoms with Crippen LogP contribution in [-0.2, 0) is 0 Å². The molecule has 0 saturated heterocycles. The second kappa shape index (κ2) is 7.16. The molecule has 1 atom stereocenters. The van der Waals surface area contributed by atoms with E-state index in [1.165, 1.54) is 44.1 Å². The normalized spacial score (nSPS) is 16.8. The molecular weight excluding hydrogens is 242 g/mol. The van der Waals surface area contributed by atoms with Crippen molar-refractivity contribution in [3.8, 4) is 0 Å². The predicted octanol–water partition coefficient (Wildman–Crippen LogP) is 4.76. The number of unbranched alkanes of at least 4 members (excludes halogenated alkanes) is 2. The average molecular weight is 266 g/mol. The van der Waals surface area contributed by atoms with Crippen molar-refractivity contribution in [3.05, 3.63) is 34.9 Å². The van der Waals surface area contributed by atoms with Gasteiger partial charge in [-0.3, -0.25) is 0 Å². The summed E-state index contributed by atoms with van der Waals surface area (Å²) < 4.78 is 0. The van der Waals surface area contributed by atoms with Crippen molar-refractivity contribution in [1.82, 2.24) is 5.32 Å². The third-order valence-electron chi connectivity index (χ3n) is 3.71. The van der Waals surface area contributed by atoms with E-state index in [0.29, 0.717) is 5.92 Å². The molecule has 0 aliphatic heterocycles. The van der Waals surface area contributed by atoms with E-state index in [-0.39, 0.29) is 0 Å². The highest BCUT2D eigenvalue weighted by Gasteiger charge is 2.22. The number of rotatable bonds is 8. The Labute approximate surface area is 116 Å². The van der Waals surface area contributed by atoms with Crippen LogP contribution in [0.25, 0.3) is 0 Å². The Hall–Kier alpha value is -0.530. The van der Waals surface area contributed by atoms with Gasteiger partial charge >= 0.3 is 0 Å². The van der Waals surface area contributed by atoms with Gasteiger partial charge in [-0.15, -0.1) is 0 Å². The van der Waals surface area contributed by atoms with Crippen LogP contribution in [0.1, 0.15) is 56.9 Å². The fraction of sp³-hybridized carbons (Fsp3) is 0.625. The molecule has 1 unspecified atom stereocenters. The van der Waals surface area contributed by atoms with Crippen LogP contribution in [0, 0.1) is 0 Å². The first-order valence-electron chi connectivity index (χ1n) is 7.28. The summed E-state index contributed by atoms with van der Waals surface area (Å²) in [6, 6.07) is 9.17. The molecule has 1 saturated carbocycles. The number of nitrogens with one attached hydrogen (secondary N) is 1. The van der Waals surface area contributed by atoms with E-state index in [1.54, 1.807) is 0 Å². The second-order valence-corrected chi connectivity index (χ2v) is 5.87. The average Bonchev–Trinajstić information content (AvgIpc) is 3.17. The van der Waals surface area contributed by atoms with Gasteiger partial charge in [-0.05, 0) is 42.9 Å². The first-order chi connectivity index (χ1) is 8.79. The molecular formula is C16H24ClN. The van der Waals surface area contributed by atoms with Gasteiger partial charge in [-0.25, -0.2) is 0 Å². The molecule has 1 fully saturated rings. The minimum Gasteiger partial charge on any atom is -0.313 e. The highest BCUT2D eigenvalue weighted by molar-refractivity contribution is 6.30. The van der Waals surface area contributed by atoms with Crippen LogP contribution >= 0.6 is 11.6 Å². The number of hydrogen-bond donors (Lipinski definition) is 1. The van der Waals surface area contributed by atoms with E-state index < -0.39 is 0 Å². The summed E-state index contributed by atoms with van der Waals surface area (Å²) in [7, 11) is 0. The molecule has 18 heavy (non-hydrogen) atoms. The van der Waals surface area contributed by atoms with Crippen LogP contribution in [-0.4, -0.2) is 12.6 Å². The summed E-state index contributed by atoms with van der Waals surface area (Å²) in [5.41, 5.74) is 1.40. The van der Waals surface area contributed by atoms with E-state index in [2.05, 4.69) is 30.4 Å². The third-order valence-corrected chi connectivity index (χ3v) is 3.94. The largest absolute Gasteiger partial charge is 0.313 e. The zero-order valence-electron chi connectivity index (χ0n) is 11.3. The summed E-state index contributed by atoms with van der Waals surface area (Å²) in [6.07, 6.45) is 7.93. The van der Waals surface area contributed by atoms with Crippen molar-refractivity contribution in [2.24, 2.45) is 0 Å². The predicted molar refractivity (Wildman–Crippen MR) is 79.4 cm³/mol. The third kappa shape index (κ3) is 4.62. The van der Waals surface area contributed by atoms with Gasteiger partial charge in [0.2, 0.25) is 0 Å². The lowest BCUT2D eigenvalue weighted by Crippen LogP contribution is -2.23. The first kappa shape index (κ1) is 13.9. The van der Waals surface area contributed by atoms with Crippen molar-refractivity contribution in [2.75, 3.05) is 6.54 Å². The molecule has 100 valence electrons. The molecule has 1 aliphatic carbocycles. The van der Waals surface area contributed by atoms with Crippen LogP contribution in [0.3, 0.4) is 0 Å². The Morgan fingerprint density at radius 1 is 1.33 bits per heavy atom. The molecule has 1 aromatic rings. The maximum atomic E-state index is 6.10. The summed E-state index contributed by atoms with van der Waals surface area (Å²) >= 11 is 6.10. The molecule has 0 aromatic heterocycles. The SMILES string of the molecule is CCCCCC(CNC1CC1)c1cccc(Cl)c1. The Morgan fingerprint density at radius 3 is 2.83 bits per heavy atom.